The van der Waals surface area contributed by atoms with E-state index in [0.29, 0.717) is 17.2 Å². The predicted octanol–water partition coefficient (Wildman–Crippen LogP) is 0.218. The molecule has 8 nitrogen and oxygen atoms in total. The highest BCUT2D eigenvalue weighted by molar-refractivity contribution is 7.89. The van der Waals surface area contributed by atoms with Gasteiger partial charge in [-0.05, 0) is 25.1 Å². The molecule has 1 aromatic heterocycles. The molecule has 2 aromatic rings. The Morgan fingerprint density at radius 3 is 2.60 bits per heavy atom. The normalized spacial score (nSPS) is 13.2. The van der Waals surface area contributed by atoms with Crippen molar-refractivity contribution in [2.24, 2.45) is 12.2 Å². The third-order valence-electron chi connectivity index (χ3n) is 2.77. The standard InChI is InChI=1S/C11H16N6O2S/c1-7(11-16-14-6-17(11)2)15-9-3-8(12)4-10(5-9)20(13,18)19/h3-7,15H,12H2,1-2H3,(H2,13,18,19). The zero-order valence-electron chi connectivity index (χ0n) is 11.1. The Balaban J connectivity index is 2.30. The first-order valence-electron chi connectivity index (χ1n) is 5.81. The molecule has 108 valence electrons. The minimum Gasteiger partial charge on any atom is -0.399 e. The van der Waals surface area contributed by atoms with Crippen LogP contribution in [0.4, 0.5) is 11.4 Å². The maximum atomic E-state index is 11.4. The fraction of sp³-hybridized carbons (Fsp3) is 0.273. The summed E-state index contributed by atoms with van der Waals surface area (Å²) < 4.78 is 24.5. The molecule has 0 saturated carbocycles. The molecule has 0 bridgehead atoms. The van der Waals surface area contributed by atoms with Crippen LogP contribution in [0.2, 0.25) is 0 Å². The van der Waals surface area contributed by atoms with E-state index in [1.807, 2.05) is 14.0 Å². The fourth-order valence-corrected chi connectivity index (χ4v) is 2.46. The third kappa shape index (κ3) is 3.06. The Labute approximate surface area is 116 Å². The smallest absolute Gasteiger partial charge is 0.238 e. The molecule has 0 radical (unpaired) electrons. The molecule has 0 aliphatic carbocycles. The van der Waals surface area contributed by atoms with Crippen LogP contribution in [0.1, 0.15) is 18.8 Å². The van der Waals surface area contributed by atoms with Crippen LogP contribution in [0, 0.1) is 0 Å². The molecule has 1 heterocycles. The van der Waals surface area contributed by atoms with Crippen LogP contribution in [0.5, 0.6) is 0 Å². The van der Waals surface area contributed by atoms with Gasteiger partial charge in [0.25, 0.3) is 0 Å². The van der Waals surface area contributed by atoms with Gasteiger partial charge in [-0.15, -0.1) is 10.2 Å². The highest BCUT2D eigenvalue weighted by Gasteiger charge is 2.14. The number of benzene rings is 1. The van der Waals surface area contributed by atoms with Crippen molar-refractivity contribution >= 4 is 21.4 Å². The molecule has 1 aromatic carbocycles. The predicted molar refractivity (Wildman–Crippen MR) is 75.3 cm³/mol. The summed E-state index contributed by atoms with van der Waals surface area (Å²) in [5.41, 5.74) is 6.54. The van der Waals surface area contributed by atoms with E-state index in [2.05, 4.69) is 15.5 Å². The van der Waals surface area contributed by atoms with Crippen molar-refractivity contribution in [2.75, 3.05) is 11.1 Å². The van der Waals surface area contributed by atoms with Crippen LogP contribution in [0.25, 0.3) is 0 Å². The molecular weight excluding hydrogens is 280 g/mol. The van der Waals surface area contributed by atoms with E-state index < -0.39 is 10.0 Å². The number of nitrogens with zero attached hydrogens (tertiary/aromatic N) is 3. The lowest BCUT2D eigenvalue weighted by Crippen LogP contribution is -2.15. The largest absolute Gasteiger partial charge is 0.399 e. The van der Waals surface area contributed by atoms with E-state index in [1.165, 1.54) is 12.1 Å². The molecule has 0 fully saturated rings. The molecule has 0 amide bonds. The monoisotopic (exact) mass is 296 g/mol. The van der Waals surface area contributed by atoms with Crippen molar-refractivity contribution in [2.45, 2.75) is 17.9 Å². The van der Waals surface area contributed by atoms with Crippen LogP contribution in [0.3, 0.4) is 0 Å². The first kappa shape index (κ1) is 14.3. The van der Waals surface area contributed by atoms with Crippen molar-refractivity contribution in [3.63, 3.8) is 0 Å². The summed E-state index contributed by atoms with van der Waals surface area (Å²) in [5.74, 6) is 0.713. The lowest BCUT2D eigenvalue weighted by atomic mass is 10.2. The summed E-state index contributed by atoms with van der Waals surface area (Å²) in [6, 6.07) is 4.20. The Morgan fingerprint density at radius 1 is 1.35 bits per heavy atom. The van der Waals surface area contributed by atoms with Gasteiger partial charge in [0.1, 0.15) is 6.33 Å². The zero-order chi connectivity index (χ0) is 14.9. The van der Waals surface area contributed by atoms with Gasteiger partial charge in [-0.25, -0.2) is 13.6 Å². The van der Waals surface area contributed by atoms with E-state index in [-0.39, 0.29) is 10.9 Å². The summed E-state index contributed by atoms with van der Waals surface area (Å²) in [5, 5.41) is 16.0. The van der Waals surface area contributed by atoms with Crippen LogP contribution in [-0.2, 0) is 17.1 Å². The van der Waals surface area contributed by atoms with Crippen LogP contribution in [-0.4, -0.2) is 23.2 Å². The number of aromatic nitrogens is 3. The second-order valence-corrected chi connectivity index (χ2v) is 6.06. The van der Waals surface area contributed by atoms with E-state index in [4.69, 9.17) is 10.9 Å². The molecule has 0 spiro atoms. The number of rotatable bonds is 4. The van der Waals surface area contributed by atoms with Crippen LogP contribution < -0.4 is 16.2 Å². The van der Waals surface area contributed by atoms with Crippen molar-refractivity contribution in [1.82, 2.24) is 14.8 Å². The van der Waals surface area contributed by atoms with Gasteiger partial charge >= 0.3 is 0 Å². The maximum Gasteiger partial charge on any atom is 0.238 e. The summed E-state index contributed by atoms with van der Waals surface area (Å²) in [6.45, 7) is 1.88. The van der Waals surface area contributed by atoms with E-state index >= 15 is 0 Å². The summed E-state index contributed by atoms with van der Waals surface area (Å²) >= 11 is 0. The highest BCUT2D eigenvalue weighted by atomic mass is 32.2. The third-order valence-corrected chi connectivity index (χ3v) is 3.67. The number of hydrogen-bond acceptors (Lipinski definition) is 6. The quantitative estimate of drug-likeness (QED) is 0.692. The van der Waals surface area contributed by atoms with Gasteiger partial charge in [0.05, 0.1) is 10.9 Å². The molecule has 0 aliphatic rings. The number of nitrogen functional groups attached to an aromatic ring is 1. The van der Waals surface area contributed by atoms with Gasteiger partial charge in [0.15, 0.2) is 5.82 Å². The Hall–Kier alpha value is -2.13. The van der Waals surface area contributed by atoms with Gasteiger partial charge < -0.3 is 15.6 Å². The van der Waals surface area contributed by atoms with Gasteiger partial charge in [-0.3, -0.25) is 0 Å². The molecule has 9 heteroatoms. The van der Waals surface area contributed by atoms with Crippen molar-refractivity contribution < 1.29 is 8.42 Å². The molecule has 2 rings (SSSR count). The Kier molecular flexibility index (Phi) is 3.64. The van der Waals surface area contributed by atoms with Crippen LogP contribution in [0.15, 0.2) is 29.4 Å². The Bertz CT molecular complexity index is 724. The topological polar surface area (TPSA) is 129 Å². The molecule has 5 N–H and O–H groups in total. The van der Waals surface area contributed by atoms with Crippen molar-refractivity contribution in [1.29, 1.82) is 0 Å². The zero-order valence-corrected chi connectivity index (χ0v) is 11.9. The fourth-order valence-electron chi connectivity index (χ4n) is 1.87. The first-order chi connectivity index (χ1) is 9.27. The average Bonchev–Trinajstić information content (AvgIpc) is 2.73. The SMILES string of the molecule is CC(Nc1cc(N)cc(S(N)(=O)=O)c1)c1nncn1C. The van der Waals surface area contributed by atoms with Crippen LogP contribution >= 0.6 is 0 Å². The lowest BCUT2D eigenvalue weighted by Gasteiger charge is -2.15. The minimum atomic E-state index is -3.80. The number of primary sulfonamides is 1. The van der Waals surface area contributed by atoms with Crippen molar-refractivity contribution in [3.8, 4) is 0 Å². The van der Waals surface area contributed by atoms with Gasteiger partial charge in [0.2, 0.25) is 10.0 Å². The van der Waals surface area contributed by atoms with Gasteiger partial charge in [-0.1, -0.05) is 0 Å². The number of nitrogens with two attached hydrogens (primary N) is 2. The van der Waals surface area contributed by atoms with E-state index in [0.717, 1.165) is 0 Å². The molecular formula is C11H16N6O2S. The summed E-state index contributed by atoms with van der Waals surface area (Å²) in [6.07, 6.45) is 1.59. The maximum absolute atomic E-state index is 11.4. The number of hydrogen-bond donors (Lipinski definition) is 3. The number of nitrogens with one attached hydrogen (secondary N) is 1. The molecule has 1 atom stereocenters. The molecule has 1 unspecified atom stereocenters. The summed E-state index contributed by atoms with van der Waals surface area (Å²) in [7, 11) is -1.98. The highest BCUT2D eigenvalue weighted by Crippen LogP contribution is 2.23. The average molecular weight is 296 g/mol. The molecule has 0 saturated heterocycles. The van der Waals surface area contributed by atoms with Gasteiger partial charge in [-0.2, -0.15) is 0 Å². The summed E-state index contributed by atoms with van der Waals surface area (Å²) in [4.78, 5) is -0.0369. The van der Waals surface area contributed by atoms with E-state index in [1.54, 1.807) is 17.0 Å². The number of aryl methyl sites for hydroxylation is 1. The molecule has 0 aliphatic heterocycles. The minimum absolute atomic E-state index is 0.0369. The molecule has 20 heavy (non-hydrogen) atoms. The second kappa shape index (κ2) is 5.10. The lowest BCUT2D eigenvalue weighted by molar-refractivity contribution is 0.598. The Morgan fingerprint density at radius 2 is 2.05 bits per heavy atom. The van der Waals surface area contributed by atoms with Crippen molar-refractivity contribution in [3.05, 3.63) is 30.4 Å². The first-order valence-corrected chi connectivity index (χ1v) is 7.36. The number of anilines is 2. The second-order valence-electron chi connectivity index (χ2n) is 4.50. The van der Waals surface area contributed by atoms with Gasteiger partial charge in [0, 0.05) is 18.4 Å². The number of sulfonamides is 1. The van der Waals surface area contributed by atoms with E-state index in [9.17, 15) is 8.42 Å².